The number of aliphatic hydroxyl groups excluding tert-OH is 1. The van der Waals surface area contributed by atoms with E-state index < -0.39 is 0 Å². The molecule has 138 valence electrons. The first-order valence-electron chi connectivity index (χ1n) is 9.59. The maximum absolute atomic E-state index is 13.1. The van der Waals surface area contributed by atoms with Gasteiger partial charge in [-0.1, -0.05) is 36.4 Å². The molecule has 1 saturated carbocycles. The van der Waals surface area contributed by atoms with E-state index in [1.165, 1.54) is 0 Å². The lowest BCUT2D eigenvalue weighted by Crippen LogP contribution is -2.70. The van der Waals surface area contributed by atoms with Crippen LogP contribution < -0.4 is 4.90 Å². The fraction of sp³-hybridized carbons (Fsp3) is 0.364. The molecule has 1 saturated heterocycles. The van der Waals surface area contributed by atoms with Gasteiger partial charge in [-0.25, -0.2) is 0 Å². The van der Waals surface area contributed by atoms with Gasteiger partial charge < -0.3 is 14.9 Å². The summed E-state index contributed by atoms with van der Waals surface area (Å²) in [6.07, 6.45) is 1.91. The van der Waals surface area contributed by atoms with Crippen LogP contribution >= 0.6 is 0 Å². The Balaban J connectivity index is 1.52. The van der Waals surface area contributed by atoms with Crippen LogP contribution in [0.4, 0.5) is 5.69 Å². The molecule has 2 aliphatic heterocycles. The van der Waals surface area contributed by atoms with Gasteiger partial charge in [0.25, 0.3) is 5.91 Å². The number of nitrogens with zero attached hydrogens (tertiary/aromatic N) is 2. The van der Waals surface area contributed by atoms with Crippen LogP contribution in [0.15, 0.2) is 54.6 Å². The molecule has 5 nitrogen and oxygen atoms in total. The van der Waals surface area contributed by atoms with Crippen LogP contribution in [-0.4, -0.2) is 47.1 Å². The van der Waals surface area contributed by atoms with Crippen LogP contribution in [0.5, 0.6) is 0 Å². The van der Waals surface area contributed by atoms with Gasteiger partial charge in [0.2, 0.25) is 5.91 Å². The van der Waals surface area contributed by atoms with Crippen LogP contribution in [-0.2, 0) is 4.79 Å². The van der Waals surface area contributed by atoms with Crippen molar-refractivity contribution in [2.75, 3.05) is 18.1 Å². The molecule has 3 atom stereocenters. The Morgan fingerprint density at radius 3 is 2.41 bits per heavy atom. The van der Waals surface area contributed by atoms with Crippen molar-refractivity contribution in [3.05, 3.63) is 65.7 Å². The number of aliphatic hydroxyl groups is 1. The van der Waals surface area contributed by atoms with Crippen LogP contribution in [0.1, 0.15) is 34.7 Å². The van der Waals surface area contributed by atoms with Gasteiger partial charge in [-0.3, -0.25) is 9.59 Å². The van der Waals surface area contributed by atoms with Crippen molar-refractivity contribution in [3.8, 4) is 0 Å². The van der Waals surface area contributed by atoms with Gasteiger partial charge in [-0.05, 0) is 36.6 Å². The van der Waals surface area contributed by atoms with E-state index in [4.69, 9.17) is 0 Å². The number of rotatable bonds is 3. The highest BCUT2D eigenvalue weighted by molar-refractivity contribution is 5.99. The molecule has 2 amide bonds. The minimum Gasteiger partial charge on any atom is -0.394 e. The first-order valence-corrected chi connectivity index (χ1v) is 9.59. The second-order valence-electron chi connectivity index (χ2n) is 7.70. The highest BCUT2D eigenvalue weighted by Crippen LogP contribution is 2.49. The summed E-state index contributed by atoms with van der Waals surface area (Å²) in [4.78, 5) is 29.6. The summed E-state index contributed by atoms with van der Waals surface area (Å²) < 4.78 is 0. The third-order valence-corrected chi connectivity index (χ3v) is 6.13. The fourth-order valence-electron chi connectivity index (χ4n) is 4.66. The second kappa shape index (κ2) is 6.20. The Morgan fingerprint density at radius 1 is 1.00 bits per heavy atom. The molecule has 2 aromatic carbocycles. The van der Waals surface area contributed by atoms with Crippen molar-refractivity contribution < 1.29 is 14.7 Å². The SMILES string of the molecule is O=C(C1CC1)N1C[C@@H]2[C@H](c3ccccc31)[C@@H](CO)N2C(=O)c1ccccc1. The zero-order chi connectivity index (χ0) is 18.5. The standard InChI is InChI=1S/C22H22N2O3/c25-13-19-20-16-8-4-5-9-17(16)23(21(26)15-10-11-15)12-18(20)24(19)22(27)14-6-2-1-3-7-14/h1-9,15,18-20,25H,10-13H2/t18-,19-,20+/m1/s1. The number of anilines is 1. The predicted molar refractivity (Wildman–Crippen MR) is 102 cm³/mol. The summed E-state index contributed by atoms with van der Waals surface area (Å²) >= 11 is 0. The van der Waals surface area contributed by atoms with Crippen molar-refractivity contribution in [2.24, 2.45) is 5.92 Å². The minimum atomic E-state index is -0.248. The van der Waals surface area contributed by atoms with E-state index in [9.17, 15) is 14.7 Å². The normalized spacial score (nSPS) is 26.0. The number of carbonyl (C=O) groups excluding carboxylic acids is 2. The molecular weight excluding hydrogens is 340 g/mol. The molecule has 3 aliphatic rings. The third-order valence-electron chi connectivity index (χ3n) is 6.13. The number of para-hydroxylation sites is 1. The Hall–Kier alpha value is -2.66. The molecule has 0 aromatic heterocycles. The zero-order valence-electron chi connectivity index (χ0n) is 15.0. The summed E-state index contributed by atoms with van der Waals surface area (Å²) in [6.45, 7) is 0.427. The van der Waals surface area contributed by atoms with E-state index in [-0.39, 0.29) is 42.3 Å². The lowest BCUT2D eigenvalue weighted by molar-refractivity contribution is -0.120. The highest BCUT2D eigenvalue weighted by atomic mass is 16.3. The van der Waals surface area contributed by atoms with Gasteiger partial charge in [0, 0.05) is 29.6 Å². The Labute approximate surface area is 158 Å². The van der Waals surface area contributed by atoms with Crippen molar-refractivity contribution in [3.63, 3.8) is 0 Å². The lowest BCUT2D eigenvalue weighted by atomic mass is 9.71. The van der Waals surface area contributed by atoms with Crippen molar-refractivity contribution >= 4 is 17.5 Å². The average molecular weight is 362 g/mol. The predicted octanol–water partition coefficient (Wildman–Crippen LogP) is 2.41. The third kappa shape index (κ3) is 2.49. The molecule has 0 spiro atoms. The molecule has 5 rings (SSSR count). The number of hydrogen-bond acceptors (Lipinski definition) is 3. The van der Waals surface area contributed by atoms with E-state index >= 15 is 0 Å². The summed E-state index contributed by atoms with van der Waals surface area (Å²) in [5.41, 5.74) is 2.63. The van der Waals surface area contributed by atoms with Crippen LogP contribution in [0.2, 0.25) is 0 Å². The summed E-state index contributed by atoms with van der Waals surface area (Å²) in [5.74, 6) is 0.290. The summed E-state index contributed by atoms with van der Waals surface area (Å²) in [6, 6.07) is 16.8. The van der Waals surface area contributed by atoms with Crippen LogP contribution in [0.25, 0.3) is 0 Å². The van der Waals surface area contributed by atoms with E-state index in [0.29, 0.717) is 12.1 Å². The largest absolute Gasteiger partial charge is 0.394 e. The number of fused-ring (bicyclic) bond motifs is 3. The van der Waals surface area contributed by atoms with E-state index in [0.717, 1.165) is 24.1 Å². The molecule has 27 heavy (non-hydrogen) atoms. The summed E-state index contributed by atoms with van der Waals surface area (Å²) in [7, 11) is 0. The molecule has 1 aliphatic carbocycles. The van der Waals surface area contributed by atoms with Crippen molar-refractivity contribution in [1.29, 1.82) is 0 Å². The Kier molecular flexibility index (Phi) is 3.79. The Bertz CT molecular complexity index is 893. The van der Waals surface area contributed by atoms with Crippen molar-refractivity contribution in [1.82, 2.24) is 4.90 Å². The highest BCUT2D eigenvalue weighted by Gasteiger charge is 2.55. The van der Waals surface area contributed by atoms with Crippen molar-refractivity contribution in [2.45, 2.75) is 30.8 Å². The molecular formula is C22H22N2O3. The maximum Gasteiger partial charge on any atom is 0.254 e. The van der Waals surface area contributed by atoms with E-state index in [1.54, 1.807) is 17.0 Å². The van der Waals surface area contributed by atoms with Crippen LogP contribution in [0.3, 0.4) is 0 Å². The van der Waals surface area contributed by atoms with Gasteiger partial charge in [-0.15, -0.1) is 0 Å². The molecule has 2 fully saturated rings. The van der Waals surface area contributed by atoms with Gasteiger partial charge in [0.05, 0.1) is 18.7 Å². The number of benzene rings is 2. The Morgan fingerprint density at radius 2 is 1.70 bits per heavy atom. The molecule has 2 heterocycles. The fourth-order valence-corrected chi connectivity index (χ4v) is 4.66. The molecule has 1 N–H and O–H groups in total. The second-order valence-corrected chi connectivity index (χ2v) is 7.70. The first-order chi connectivity index (χ1) is 13.2. The average Bonchev–Trinajstić information content (AvgIpc) is 3.54. The zero-order valence-corrected chi connectivity index (χ0v) is 15.0. The lowest BCUT2D eigenvalue weighted by Gasteiger charge is -2.59. The summed E-state index contributed by atoms with van der Waals surface area (Å²) in [5, 5.41) is 10.0. The molecule has 2 aromatic rings. The minimum absolute atomic E-state index is 0.0714. The maximum atomic E-state index is 13.1. The quantitative estimate of drug-likeness (QED) is 0.912. The van der Waals surface area contributed by atoms with Gasteiger partial charge in [0.15, 0.2) is 0 Å². The first kappa shape index (κ1) is 16.5. The van der Waals surface area contributed by atoms with Gasteiger partial charge in [-0.2, -0.15) is 0 Å². The number of hydrogen-bond donors (Lipinski definition) is 1. The van der Waals surface area contributed by atoms with E-state index in [2.05, 4.69) is 0 Å². The molecule has 0 radical (unpaired) electrons. The van der Waals surface area contributed by atoms with E-state index in [1.807, 2.05) is 47.4 Å². The monoisotopic (exact) mass is 362 g/mol. The smallest absolute Gasteiger partial charge is 0.254 e. The number of carbonyl (C=O) groups is 2. The number of likely N-dealkylation sites (tertiary alicyclic amines) is 1. The van der Waals surface area contributed by atoms with Crippen LogP contribution in [0, 0.1) is 5.92 Å². The van der Waals surface area contributed by atoms with Gasteiger partial charge in [0.1, 0.15) is 0 Å². The number of amides is 2. The van der Waals surface area contributed by atoms with Gasteiger partial charge >= 0.3 is 0 Å². The molecule has 0 unspecified atom stereocenters. The topological polar surface area (TPSA) is 60.9 Å². The molecule has 0 bridgehead atoms. The molecule has 5 heteroatoms.